The molecule has 2 rings (SSSR count). The number of carbonyl (C=O) groups is 2. The Bertz CT molecular complexity index is 532. The Hall–Kier alpha value is -1.27. The third-order valence-electron chi connectivity index (χ3n) is 3.09. The maximum Gasteiger partial charge on any atom is 0.319 e. The number of carbonyl (C=O) groups excluding carboxylic acids is 1. The van der Waals surface area contributed by atoms with Gasteiger partial charge in [-0.1, -0.05) is 17.7 Å². The third-order valence-corrected chi connectivity index (χ3v) is 4.49. The number of urea groups is 1. The number of nitrogens with one attached hydrogen (secondary N) is 2. The fourth-order valence-corrected chi connectivity index (χ4v) is 2.17. The Morgan fingerprint density at radius 1 is 1.42 bits per heavy atom. The quantitative estimate of drug-likeness (QED) is 0.783. The van der Waals surface area contributed by atoms with Crippen LogP contribution < -0.4 is 10.6 Å². The van der Waals surface area contributed by atoms with Crippen LogP contribution >= 0.6 is 27.5 Å². The minimum atomic E-state index is -0.864. The lowest BCUT2D eigenvalue weighted by atomic mass is 10.1. The van der Waals surface area contributed by atoms with Gasteiger partial charge in [0.1, 0.15) is 0 Å². The number of carboxylic acid groups (broad SMARTS) is 1. The smallest absolute Gasteiger partial charge is 0.319 e. The number of rotatable bonds is 4. The topological polar surface area (TPSA) is 78.4 Å². The van der Waals surface area contributed by atoms with Gasteiger partial charge in [0.05, 0.1) is 20.6 Å². The van der Waals surface area contributed by atoms with Crippen LogP contribution in [-0.2, 0) is 4.79 Å². The summed E-state index contributed by atoms with van der Waals surface area (Å²) < 4.78 is 0.589. The molecule has 0 radical (unpaired) electrons. The number of halogens is 2. The minimum Gasteiger partial charge on any atom is -0.481 e. The van der Waals surface area contributed by atoms with Crippen LogP contribution in [0.1, 0.15) is 12.8 Å². The normalized spacial score (nSPS) is 15.7. The molecule has 0 spiro atoms. The highest BCUT2D eigenvalue weighted by molar-refractivity contribution is 9.10. The average molecular weight is 348 g/mol. The molecule has 19 heavy (non-hydrogen) atoms. The maximum atomic E-state index is 11.7. The summed E-state index contributed by atoms with van der Waals surface area (Å²) in [6.45, 7) is 0.131. The highest BCUT2D eigenvalue weighted by Gasteiger charge is 2.50. The number of anilines is 1. The molecule has 2 amide bonds. The second kappa shape index (κ2) is 5.38. The number of carboxylic acids is 1. The molecule has 1 fully saturated rings. The second-order valence-electron chi connectivity index (χ2n) is 4.49. The number of benzene rings is 1. The number of hydrogen-bond donors (Lipinski definition) is 3. The molecular weight excluding hydrogens is 335 g/mol. The van der Waals surface area contributed by atoms with Crippen LogP contribution in [0.4, 0.5) is 10.5 Å². The van der Waals surface area contributed by atoms with Crippen molar-refractivity contribution in [1.29, 1.82) is 0 Å². The van der Waals surface area contributed by atoms with E-state index in [1.807, 2.05) is 0 Å². The standard InChI is InChI=1S/C12H12BrClN2O3/c13-9-7(14)2-1-3-8(9)16-11(19)15-6-12(4-5-12)10(17)18/h1-3H,4-6H2,(H,17,18)(H2,15,16,19). The Kier molecular flexibility index (Phi) is 4.01. The Morgan fingerprint density at radius 3 is 2.68 bits per heavy atom. The van der Waals surface area contributed by atoms with E-state index in [-0.39, 0.29) is 6.54 Å². The molecule has 0 atom stereocenters. The van der Waals surface area contributed by atoms with Gasteiger partial charge in [-0.2, -0.15) is 0 Å². The Labute approximate surface area is 123 Å². The monoisotopic (exact) mass is 346 g/mol. The molecular formula is C12H12BrClN2O3. The average Bonchev–Trinajstić information content (AvgIpc) is 3.14. The first-order chi connectivity index (χ1) is 8.94. The summed E-state index contributed by atoms with van der Waals surface area (Å²) in [5, 5.41) is 14.7. The van der Waals surface area contributed by atoms with Gasteiger partial charge in [0.15, 0.2) is 0 Å². The molecule has 0 saturated heterocycles. The van der Waals surface area contributed by atoms with Crippen molar-refractivity contribution in [2.45, 2.75) is 12.8 Å². The van der Waals surface area contributed by atoms with Crippen molar-refractivity contribution in [1.82, 2.24) is 5.32 Å². The van der Waals surface area contributed by atoms with Gasteiger partial charge in [0.2, 0.25) is 0 Å². The van der Waals surface area contributed by atoms with E-state index in [2.05, 4.69) is 26.6 Å². The molecule has 1 aliphatic carbocycles. The summed E-state index contributed by atoms with van der Waals surface area (Å²) in [5.74, 6) is -0.864. The van der Waals surface area contributed by atoms with Crippen LogP contribution in [0.5, 0.6) is 0 Å². The number of hydrogen-bond acceptors (Lipinski definition) is 2. The molecule has 7 heteroatoms. The van der Waals surface area contributed by atoms with Gasteiger partial charge >= 0.3 is 12.0 Å². The molecule has 0 heterocycles. The second-order valence-corrected chi connectivity index (χ2v) is 5.69. The van der Waals surface area contributed by atoms with Crippen LogP contribution in [0.25, 0.3) is 0 Å². The van der Waals surface area contributed by atoms with Crippen molar-refractivity contribution < 1.29 is 14.7 Å². The zero-order chi connectivity index (χ0) is 14.0. The lowest BCUT2D eigenvalue weighted by Gasteiger charge is -2.13. The SMILES string of the molecule is O=C(NCC1(C(=O)O)CC1)Nc1cccc(Cl)c1Br. The van der Waals surface area contributed by atoms with Crippen LogP contribution in [0.2, 0.25) is 5.02 Å². The summed E-state index contributed by atoms with van der Waals surface area (Å²) in [6, 6.07) is 4.65. The van der Waals surface area contributed by atoms with E-state index in [0.29, 0.717) is 28.0 Å². The lowest BCUT2D eigenvalue weighted by Crippen LogP contribution is -2.36. The first-order valence-corrected chi connectivity index (χ1v) is 6.84. The van der Waals surface area contributed by atoms with Crippen molar-refractivity contribution in [3.05, 3.63) is 27.7 Å². The van der Waals surface area contributed by atoms with Crippen molar-refractivity contribution in [2.24, 2.45) is 5.41 Å². The van der Waals surface area contributed by atoms with E-state index < -0.39 is 17.4 Å². The van der Waals surface area contributed by atoms with E-state index >= 15 is 0 Å². The minimum absolute atomic E-state index is 0.131. The van der Waals surface area contributed by atoms with E-state index in [1.54, 1.807) is 18.2 Å². The Balaban J connectivity index is 1.91. The first-order valence-electron chi connectivity index (χ1n) is 5.67. The van der Waals surface area contributed by atoms with Crippen molar-refractivity contribution in [2.75, 3.05) is 11.9 Å². The van der Waals surface area contributed by atoms with Gasteiger partial charge in [0, 0.05) is 6.54 Å². The summed E-state index contributed by atoms with van der Waals surface area (Å²) in [7, 11) is 0. The van der Waals surface area contributed by atoms with Crippen molar-refractivity contribution in [3.63, 3.8) is 0 Å². The number of amides is 2. The summed E-state index contributed by atoms with van der Waals surface area (Å²) in [4.78, 5) is 22.7. The van der Waals surface area contributed by atoms with E-state index in [9.17, 15) is 9.59 Å². The van der Waals surface area contributed by atoms with E-state index in [1.165, 1.54) is 0 Å². The molecule has 1 aromatic rings. The van der Waals surface area contributed by atoms with Crippen molar-refractivity contribution >= 4 is 45.2 Å². The third kappa shape index (κ3) is 3.19. The van der Waals surface area contributed by atoms with Crippen LogP contribution in [-0.4, -0.2) is 23.7 Å². The molecule has 5 nitrogen and oxygen atoms in total. The lowest BCUT2D eigenvalue weighted by molar-refractivity contribution is -0.143. The van der Waals surface area contributed by atoms with Gasteiger partial charge in [0.25, 0.3) is 0 Å². The predicted octanol–water partition coefficient (Wildman–Crippen LogP) is 3.09. The van der Waals surface area contributed by atoms with Gasteiger partial charge in [-0.3, -0.25) is 4.79 Å². The largest absolute Gasteiger partial charge is 0.481 e. The zero-order valence-electron chi connectivity index (χ0n) is 9.87. The van der Waals surface area contributed by atoms with Gasteiger partial charge in [-0.15, -0.1) is 0 Å². The highest BCUT2D eigenvalue weighted by atomic mass is 79.9. The molecule has 3 N–H and O–H groups in total. The van der Waals surface area contributed by atoms with Gasteiger partial charge in [-0.05, 0) is 40.9 Å². The molecule has 1 aromatic carbocycles. The first kappa shape index (κ1) is 14.1. The van der Waals surface area contributed by atoms with E-state index in [4.69, 9.17) is 16.7 Å². The van der Waals surface area contributed by atoms with Crippen LogP contribution in [0, 0.1) is 5.41 Å². The fraction of sp³-hybridized carbons (Fsp3) is 0.333. The van der Waals surface area contributed by atoms with Gasteiger partial charge < -0.3 is 15.7 Å². The molecule has 0 aromatic heterocycles. The molecule has 0 aliphatic heterocycles. The molecule has 1 saturated carbocycles. The summed E-state index contributed by atoms with van der Waals surface area (Å²) >= 11 is 9.17. The van der Waals surface area contributed by atoms with Gasteiger partial charge in [-0.25, -0.2) is 4.79 Å². The Morgan fingerprint density at radius 2 is 2.11 bits per heavy atom. The summed E-state index contributed by atoms with van der Waals surface area (Å²) in [6.07, 6.45) is 1.20. The van der Waals surface area contributed by atoms with Crippen LogP contribution in [0.15, 0.2) is 22.7 Å². The molecule has 102 valence electrons. The zero-order valence-corrected chi connectivity index (χ0v) is 12.2. The van der Waals surface area contributed by atoms with Crippen LogP contribution in [0.3, 0.4) is 0 Å². The molecule has 0 bridgehead atoms. The van der Waals surface area contributed by atoms with Crippen molar-refractivity contribution in [3.8, 4) is 0 Å². The molecule has 0 unspecified atom stereocenters. The number of aliphatic carboxylic acids is 1. The fourth-order valence-electron chi connectivity index (χ4n) is 1.63. The summed E-state index contributed by atoms with van der Waals surface area (Å²) in [5.41, 5.74) is -0.242. The molecule has 1 aliphatic rings. The maximum absolute atomic E-state index is 11.7. The highest BCUT2D eigenvalue weighted by Crippen LogP contribution is 2.45. The van der Waals surface area contributed by atoms with E-state index in [0.717, 1.165) is 0 Å². The predicted molar refractivity (Wildman–Crippen MR) is 75.5 cm³/mol.